The maximum absolute atomic E-state index is 13.0. The van der Waals surface area contributed by atoms with Crippen LogP contribution in [0.4, 0.5) is 5.69 Å². The average molecular weight is 443 g/mol. The summed E-state index contributed by atoms with van der Waals surface area (Å²) < 4.78 is 8.15. The zero-order chi connectivity index (χ0) is 21.1. The fourth-order valence-corrected chi connectivity index (χ4v) is 4.67. The number of nitrogens with zero attached hydrogens (tertiary/aromatic N) is 4. The van der Waals surface area contributed by atoms with Crippen LogP contribution in [0.2, 0.25) is 0 Å². The maximum Gasteiger partial charge on any atom is 0.291 e. The molecule has 154 valence electrons. The molecular formula is C19H18N6O3S2. The summed E-state index contributed by atoms with van der Waals surface area (Å²) in [6, 6.07) is 7.53. The Balaban J connectivity index is 1.56. The summed E-state index contributed by atoms with van der Waals surface area (Å²) in [6.45, 7) is 1.97. The summed E-state index contributed by atoms with van der Waals surface area (Å²) in [4.78, 5) is 24.4. The Morgan fingerprint density at radius 2 is 2.10 bits per heavy atom. The van der Waals surface area contributed by atoms with Crippen molar-refractivity contribution in [1.29, 1.82) is 0 Å². The summed E-state index contributed by atoms with van der Waals surface area (Å²) in [6.07, 6.45) is 3.08. The molecule has 0 saturated heterocycles. The normalized spacial score (nSPS) is 11.0. The lowest BCUT2D eigenvalue weighted by Crippen LogP contribution is -2.23. The van der Waals surface area contributed by atoms with Gasteiger partial charge in [-0.1, -0.05) is 41.3 Å². The Hall–Kier alpha value is -3.18. The van der Waals surface area contributed by atoms with Gasteiger partial charge in [0.05, 0.1) is 11.9 Å². The van der Waals surface area contributed by atoms with Crippen LogP contribution in [0.1, 0.15) is 21.1 Å². The van der Waals surface area contributed by atoms with Crippen LogP contribution < -0.4 is 10.6 Å². The van der Waals surface area contributed by atoms with Gasteiger partial charge in [0, 0.05) is 29.9 Å². The van der Waals surface area contributed by atoms with E-state index in [4.69, 9.17) is 4.42 Å². The summed E-state index contributed by atoms with van der Waals surface area (Å²) in [7, 11) is 1.55. The van der Waals surface area contributed by atoms with Crippen LogP contribution >= 0.6 is 23.1 Å². The molecule has 0 atom stereocenters. The monoisotopic (exact) mass is 442 g/mol. The number of hydrogen-bond donors (Lipinski definition) is 2. The first-order valence-corrected chi connectivity index (χ1v) is 10.8. The number of benzene rings is 1. The first-order valence-electron chi connectivity index (χ1n) is 9.01. The van der Waals surface area contributed by atoms with Gasteiger partial charge in [-0.05, 0) is 13.0 Å². The first kappa shape index (κ1) is 20.1. The number of thioether (sulfide) groups is 1. The Morgan fingerprint density at radius 3 is 2.87 bits per heavy atom. The number of rotatable bonds is 7. The third-order valence-electron chi connectivity index (χ3n) is 4.23. The van der Waals surface area contributed by atoms with Gasteiger partial charge in [0.25, 0.3) is 5.91 Å². The minimum Gasteiger partial charge on any atom is -0.451 e. The number of amides is 2. The molecule has 0 radical (unpaired) electrons. The fraction of sp³-hybridized carbons (Fsp3) is 0.211. The van der Waals surface area contributed by atoms with Crippen LogP contribution in [-0.2, 0) is 17.1 Å². The number of likely N-dealkylation sites (N-methyl/N-ethyl adjacent to an activating group) is 1. The van der Waals surface area contributed by atoms with Crippen molar-refractivity contribution in [3.8, 4) is 0 Å². The van der Waals surface area contributed by atoms with Gasteiger partial charge in [-0.15, -0.1) is 10.2 Å². The van der Waals surface area contributed by atoms with Crippen molar-refractivity contribution in [2.45, 2.75) is 23.6 Å². The first-order chi connectivity index (χ1) is 14.5. The predicted octanol–water partition coefficient (Wildman–Crippen LogP) is 3.08. The molecule has 11 heteroatoms. The molecule has 30 heavy (non-hydrogen) atoms. The summed E-state index contributed by atoms with van der Waals surface area (Å²) in [5, 5.41) is 19.3. The zero-order valence-corrected chi connectivity index (χ0v) is 17.8. The number of para-hydroxylation sites is 1. The molecule has 0 aliphatic carbocycles. The van der Waals surface area contributed by atoms with Gasteiger partial charge in [-0.25, -0.2) is 0 Å². The molecule has 3 heterocycles. The molecule has 0 bridgehead atoms. The summed E-state index contributed by atoms with van der Waals surface area (Å²) in [5.74, 6) is 0.197. The third kappa shape index (κ3) is 4.36. The van der Waals surface area contributed by atoms with Gasteiger partial charge in [0.1, 0.15) is 17.1 Å². The van der Waals surface area contributed by atoms with E-state index in [2.05, 4.69) is 25.9 Å². The van der Waals surface area contributed by atoms with E-state index >= 15 is 0 Å². The molecule has 4 rings (SSSR count). The molecule has 0 unspecified atom stereocenters. The highest BCUT2D eigenvalue weighted by Crippen LogP contribution is 2.33. The molecule has 3 aromatic heterocycles. The van der Waals surface area contributed by atoms with Crippen molar-refractivity contribution in [1.82, 2.24) is 25.3 Å². The van der Waals surface area contributed by atoms with Gasteiger partial charge >= 0.3 is 0 Å². The van der Waals surface area contributed by atoms with Crippen LogP contribution in [-0.4, -0.2) is 38.8 Å². The Kier molecular flexibility index (Phi) is 5.81. The largest absolute Gasteiger partial charge is 0.451 e. The van der Waals surface area contributed by atoms with Gasteiger partial charge in [0.2, 0.25) is 5.91 Å². The quantitative estimate of drug-likeness (QED) is 0.423. The topological polar surface area (TPSA) is 115 Å². The molecule has 1 aromatic carbocycles. The van der Waals surface area contributed by atoms with Crippen molar-refractivity contribution < 1.29 is 14.0 Å². The second-order valence-corrected chi connectivity index (χ2v) is 8.74. The molecule has 2 amide bonds. The minimum atomic E-state index is -0.380. The van der Waals surface area contributed by atoms with Crippen LogP contribution in [0.15, 0.2) is 45.4 Å². The molecular weight excluding hydrogens is 424 g/mol. The Morgan fingerprint density at radius 1 is 1.27 bits per heavy atom. The number of carbonyl (C=O) groups is 2. The highest BCUT2D eigenvalue weighted by atomic mass is 32.2. The van der Waals surface area contributed by atoms with Gasteiger partial charge in [-0.2, -0.15) is 5.10 Å². The van der Waals surface area contributed by atoms with Gasteiger partial charge < -0.3 is 15.1 Å². The standard InChI is InChI=1S/C19H18N6O3S2/c1-11-23-24-19(30-11)29-10-14-13-5-3-4-6-15(13)28-17(14)18(27)22-12-7-21-25(8-12)9-16(26)20-2/h3-8H,9-10H2,1-2H3,(H,20,26)(H,22,27). The van der Waals surface area contributed by atoms with E-state index < -0.39 is 0 Å². The van der Waals surface area contributed by atoms with Crippen molar-refractivity contribution in [3.05, 3.63) is 53.0 Å². The number of nitrogens with one attached hydrogen (secondary N) is 2. The van der Waals surface area contributed by atoms with E-state index in [-0.39, 0.29) is 24.1 Å². The number of aryl methyl sites for hydroxylation is 1. The van der Waals surface area contributed by atoms with Crippen molar-refractivity contribution in [2.24, 2.45) is 0 Å². The van der Waals surface area contributed by atoms with Crippen molar-refractivity contribution in [2.75, 3.05) is 12.4 Å². The second-order valence-electron chi connectivity index (χ2n) is 6.34. The molecule has 2 N–H and O–H groups in total. The maximum atomic E-state index is 13.0. The van der Waals surface area contributed by atoms with Crippen LogP contribution in [0.25, 0.3) is 11.0 Å². The van der Waals surface area contributed by atoms with Crippen molar-refractivity contribution >= 4 is 51.6 Å². The number of furan rings is 1. The second kappa shape index (κ2) is 8.67. The zero-order valence-electron chi connectivity index (χ0n) is 16.2. The molecule has 4 aromatic rings. The average Bonchev–Trinajstić information content (AvgIpc) is 3.45. The Labute approximate surface area is 179 Å². The number of anilines is 1. The third-order valence-corrected chi connectivity index (χ3v) is 6.23. The summed E-state index contributed by atoms with van der Waals surface area (Å²) >= 11 is 3.02. The van der Waals surface area contributed by atoms with Crippen LogP contribution in [0, 0.1) is 6.92 Å². The lowest BCUT2D eigenvalue weighted by molar-refractivity contribution is -0.121. The molecule has 0 fully saturated rings. The van der Waals surface area contributed by atoms with E-state index in [1.54, 1.807) is 13.2 Å². The van der Waals surface area contributed by atoms with Crippen LogP contribution in [0.3, 0.4) is 0 Å². The molecule has 0 aliphatic rings. The predicted molar refractivity (Wildman–Crippen MR) is 115 cm³/mol. The molecule has 0 spiro atoms. The SMILES string of the molecule is CNC(=O)Cn1cc(NC(=O)c2oc3ccccc3c2CSc2nnc(C)s2)cn1. The smallest absolute Gasteiger partial charge is 0.291 e. The molecule has 0 aliphatic heterocycles. The fourth-order valence-electron chi connectivity index (χ4n) is 2.82. The van der Waals surface area contributed by atoms with E-state index in [0.717, 1.165) is 20.3 Å². The highest BCUT2D eigenvalue weighted by molar-refractivity contribution is 8.00. The lowest BCUT2D eigenvalue weighted by Gasteiger charge is -2.03. The van der Waals surface area contributed by atoms with Crippen LogP contribution in [0.5, 0.6) is 0 Å². The molecule has 9 nitrogen and oxygen atoms in total. The lowest BCUT2D eigenvalue weighted by atomic mass is 10.1. The molecule has 0 saturated carbocycles. The van der Waals surface area contributed by atoms with E-state index in [9.17, 15) is 9.59 Å². The Bertz CT molecular complexity index is 1210. The minimum absolute atomic E-state index is 0.0696. The van der Waals surface area contributed by atoms with Gasteiger partial charge in [0.15, 0.2) is 10.1 Å². The highest BCUT2D eigenvalue weighted by Gasteiger charge is 2.21. The van der Waals surface area contributed by atoms with Crippen molar-refractivity contribution in [3.63, 3.8) is 0 Å². The number of carbonyl (C=O) groups excluding carboxylic acids is 2. The van der Waals surface area contributed by atoms with E-state index in [0.29, 0.717) is 17.0 Å². The van der Waals surface area contributed by atoms with E-state index in [1.807, 2.05) is 31.2 Å². The van der Waals surface area contributed by atoms with E-state index in [1.165, 1.54) is 34.0 Å². The number of fused-ring (bicyclic) bond motifs is 1. The summed E-state index contributed by atoms with van der Waals surface area (Å²) in [5.41, 5.74) is 1.91. The number of hydrogen-bond acceptors (Lipinski definition) is 8. The van der Waals surface area contributed by atoms with Gasteiger partial charge in [-0.3, -0.25) is 14.3 Å². The number of aromatic nitrogens is 4.